The predicted octanol–water partition coefficient (Wildman–Crippen LogP) is 2.15. The molecule has 3 nitrogen and oxygen atoms in total. The Labute approximate surface area is 96.5 Å². The summed E-state index contributed by atoms with van der Waals surface area (Å²) in [6.07, 6.45) is -1.03. The number of hydrogen-bond acceptors (Lipinski definition) is 2. The molecule has 0 fully saturated rings. The van der Waals surface area contributed by atoms with Crippen molar-refractivity contribution in [2.24, 2.45) is 0 Å². The Bertz CT molecular complexity index is 433. The van der Waals surface area contributed by atoms with Gasteiger partial charge in [-0.1, -0.05) is 0 Å². The number of carbonyl (C=O) groups is 1. The molecule has 0 aromatic heterocycles. The first-order valence-corrected chi connectivity index (χ1v) is 4.81. The van der Waals surface area contributed by atoms with Crippen LogP contribution in [0.3, 0.4) is 0 Å². The zero-order valence-corrected chi connectivity index (χ0v) is 9.38. The van der Waals surface area contributed by atoms with Crippen molar-refractivity contribution < 1.29 is 23.1 Å². The van der Waals surface area contributed by atoms with Gasteiger partial charge in [-0.2, -0.15) is 8.78 Å². The van der Waals surface area contributed by atoms with Crippen LogP contribution in [0.25, 0.3) is 0 Å². The van der Waals surface area contributed by atoms with Gasteiger partial charge >= 0.3 is 11.9 Å². The normalized spacial score (nSPS) is 11.4. The maximum atomic E-state index is 13.1. The average molecular weight is 247 g/mol. The van der Waals surface area contributed by atoms with Crippen LogP contribution in [-0.4, -0.2) is 31.1 Å². The van der Waals surface area contributed by atoms with E-state index in [4.69, 9.17) is 5.11 Å². The molecule has 0 aliphatic heterocycles. The third-order valence-corrected chi connectivity index (χ3v) is 2.25. The average Bonchev–Trinajstić information content (AvgIpc) is 2.15. The first-order valence-electron chi connectivity index (χ1n) is 4.81. The minimum absolute atomic E-state index is 0.0394. The molecular weight excluding hydrogens is 235 g/mol. The van der Waals surface area contributed by atoms with Gasteiger partial charge in [-0.15, -0.1) is 0 Å². The minimum atomic E-state index is -3.90. The van der Waals surface area contributed by atoms with Gasteiger partial charge in [0.2, 0.25) is 0 Å². The van der Waals surface area contributed by atoms with Crippen LogP contribution in [0.2, 0.25) is 0 Å². The number of halogens is 3. The van der Waals surface area contributed by atoms with Crippen LogP contribution in [0, 0.1) is 5.82 Å². The van der Waals surface area contributed by atoms with Gasteiger partial charge in [0.15, 0.2) is 0 Å². The van der Waals surface area contributed by atoms with Gasteiger partial charge in [0.1, 0.15) is 5.82 Å². The summed E-state index contributed by atoms with van der Waals surface area (Å²) in [4.78, 5) is 11.9. The molecule has 94 valence electrons. The molecule has 0 radical (unpaired) electrons. The van der Waals surface area contributed by atoms with Crippen LogP contribution >= 0.6 is 0 Å². The number of nitrogens with zero attached hydrogens (tertiary/aromatic N) is 1. The summed E-state index contributed by atoms with van der Waals surface area (Å²) in [6.45, 7) is 0. The highest BCUT2D eigenvalue weighted by Crippen LogP contribution is 2.27. The third-order valence-electron chi connectivity index (χ3n) is 2.25. The molecule has 0 aliphatic carbocycles. The number of anilines is 1. The molecule has 0 atom stereocenters. The van der Waals surface area contributed by atoms with Crippen molar-refractivity contribution in [3.8, 4) is 0 Å². The molecule has 0 heterocycles. The molecule has 1 rings (SSSR count). The highest BCUT2D eigenvalue weighted by Gasteiger charge is 2.39. The van der Waals surface area contributed by atoms with E-state index in [9.17, 15) is 18.0 Å². The maximum absolute atomic E-state index is 13.1. The Morgan fingerprint density at radius 2 is 2.00 bits per heavy atom. The lowest BCUT2D eigenvalue weighted by Crippen LogP contribution is -2.31. The molecule has 0 spiro atoms. The van der Waals surface area contributed by atoms with Gasteiger partial charge in [0.25, 0.3) is 0 Å². The van der Waals surface area contributed by atoms with Crippen LogP contribution in [-0.2, 0) is 11.2 Å². The molecule has 0 unspecified atom stereocenters. The SMILES string of the molecule is CN(C)c1ccc(F)cc1CC(F)(F)C(=O)O. The summed E-state index contributed by atoms with van der Waals surface area (Å²) in [5.41, 5.74) is 0.328. The number of aliphatic carboxylic acids is 1. The van der Waals surface area contributed by atoms with Crippen molar-refractivity contribution in [3.63, 3.8) is 0 Å². The van der Waals surface area contributed by atoms with Crippen molar-refractivity contribution in [2.75, 3.05) is 19.0 Å². The van der Waals surface area contributed by atoms with E-state index >= 15 is 0 Å². The Morgan fingerprint density at radius 3 is 2.47 bits per heavy atom. The smallest absolute Gasteiger partial charge is 0.374 e. The number of carboxylic acids is 1. The molecule has 0 bridgehead atoms. The summed E-state index contributed by atoms with van der Waals surface area (Å²) in [6, 6.07) is 3.40. The molecule has 17 heavy (non-hydrogen) atoms. The lowest BCUT2D eigenvalue weighted by Gasteiger charge is -2.19. The van der Waals surface area contributed by atoms with Gasteiger partial charge < -0.3 is 10.0 Å². The van der Waals surface area contributed by atoms with Gasteiger partial charge in [0.05, 0.1) is 0 Å². The summed E-state index contributed by atoms with van der Waals surface area (Å²) in [5, 5.41) is 8.34. The first-order chi connectivity index (χ1) is 7.74. The number of hydrogen-bond donors (Lipinski definition) is 1. The monoisotopic (exact) mass is 247 g/mol. The van der Waals surface area contributed by atoms with Crippen LogP contribution in [0.5, 0.6) is 0 Å². The van der Waals surface area contributed by atoms with E-state index in [1.54, 1.807) is 14.1 Å². The topological polar surface area (TPSA) is 40.5 Å². The molecule has 0 aliphatic rings. The fraction of sp³-hybridized carbons (Fsp3) is 0.364. The fourth-order valence-electron chi connectivity index (χ4n) is 1.45. The quantitative estimate of drug-likeness (QED) is 0.886. The summed E-state index contributed by atoms with van der Waals surface area (Å²) in [5.74, 6) is -6.79. The standard InChI is InChI=1S/C11H12F3NO2/c1-15(2)9-4-3-8(12)5-7(9)6-11(13,14)10(16)17/h3-5H,6H2,1-2H3,(H,16,17). The maximum Gasteiger partial charge on any atom is 0.374 e. The van der Waals surface area contributed by atoms with Gasteiger partial charge in [-0.25, -0.2) is 9.18 Å². The Kier molecular flexibility index (Phi) is 3.65. The van der Waals surface area contributed by atoms with E-state index < -0.39 is 24.1 Å². The van der Waals surface area contributed by atoms with Crippen molar-refractivity contribution in [2.45, 2.75) is 12.3 Å². The third kappa shape index (κ3) is 3.12. The van der Waals surface area contributed by atoms with E-state index in [0.29, 0.717) is 5.69 Å². The van der Waals surface area contributed by atoms with Crippen molar-refractivity contribution in [1.82, 2.24) is 0 Å². The number of rotatable bonds is 4. The number of carboxylic acid groups (broad SMARTS) is 1. The molecule has 0 saturated heterocycles. The van der Waals surface area contributed by atoms with Crippen molar-refractivity contribution in [3.05, 3.63) is 29.6 Å². The highest BCUT2D eigenvalue weighted by molar-refractivity contribution is 5.76. The lowest BCUT2D eigenvalue weighted by atomic mass is 10.0. The molecule has 1 N–H and O–H groups in total. The summed E-state index contributed by atoms with van der Waals surface area (Å²) < 4.78 is 39.1. The molecule has 1 aromatic rings. The zero-order chi connectivity index (χ0) is 13.2. The predicted molar refractivity (Wildman–Crippen MR) is 57.0 cm³/mol. The molecular formula is C11H12F3NO2. The largest absolute Gasteiger partial charge is 0.477 e. The van der Waals surface area contributed by atoms with Crippen LogP contribution in [0.1, 0.15) is 5.56 Å². The minimum Gasteiger partial charge on any atom is -0.477 e. The van der Waals surface area contributed by atoms with E-state index in [-0.39, 0.29) is 5.56 Å². The number of benzene rings is 1. The van der Waals surface area contributed by atoms with E-state index in [1.807, 2.05) is 0 Å². The van der Waals surface area contributed by atoms with E-state index in [2.05, 4.69) is 0 Å². The Balaban J connectivity index is 3.12. The molecule has 6 heteroatoms. The zero-order valence-electron chi connectivity index (χ0n) is 9.38. The second-order valence-electron chi connectivity index (χ2n) is 3.85. The Morgan fingerprint density at radius 1 is 1.41 bits per heavy atom. The summed E-state index contributed by atoms with van der Waals surface area (Å²) in [7, 11) is 3.21. The van der Waals surface area contributed by atoms with Gasteiger partial charge in [0, 0.05) is 26.2 Å². The van der Waals surface area contributed by atoms with Crippen LogP contribution < -0.4 is 4.90 Å². The van der Waals surface area contributed by atoms with E-state index in [0.717, 1.165) is 12.1 Å². The fourth-order valence-corrected chi connectivity index (χ4v) is 1.45. The lowest BCUT2D eigenvalue weighted by molar-refractivity contribution is -0.164. The molecule has 0 saturated carbocycles. The van der Waals surface area contributed by atoms with Crippen LogP contribution in [0.4, 0.5) is 18.9 Å². The van der Waals surface area contributed by atoms with Gasteiger partial charge in [-0.3, -0.25) is 0 Å². The molecule has 0 amide bonds. The van der Waals surface area contributed by atoms with Crippen LogP contribution in [0.15, 0.2) is 18.2 Å². The molecule has 1 aromatic carbocycles. The summed E-state index contributed by atoms with van der Waals surface area (Å²) >= 11 is 0. The van der Waals surface area contributed by atoms with E-state index in [1.165, 1.54) is 11.0 Å². The van der Waals surface area contributed by atoms with Crippen molar-refractivity contribution in [1.29, 1.82) is 0 Å². The number of alkyl halides is 2. The highest BCUT2D eigenvalue weighted by atomic mass is 19.3. The van der Waals surface area contributed by atoms with Crippen molar-refractivity contribution >= 4 is 11.7 Å². The first kappa shape index (κ1) is 13.3. The second-order valence-corrected chi connectivity index (χ2v) is 3.85. The van der Waals surface area contributed by atoms with Gasteiger partial charge in [-0.05, 0) is 23.8 Å². The second kappa shape index (κ2) is 4.65. The Hall–Kier alpha value is -1.72.